The monoisotopic (exact) mass is 492 g/mol. The van der Waals surface area contributed by atoms with Crippen molar-refractivity contribution < 1.29 is 4.79 Å². The maximum atomic E-state index is 11.7. The molecule has 0 radical (unpaired) electrons. The van der Waals surface area contributed by atoms with Crippen LogP contribution in [0.5, 0.6) is 0 Å². The molecule has 0 atom stereocenters. The molecule has 1 fully saturated rings. The Balaban J connectivity index is 1.31. The van der Waals surface area contributed by atoms with Gasteiger partial charge in [-0.3, -0.25) is 14.7 Å². The topological polar surface area (TPSA) is 83.0 Å². The van der Waals surface area contributed by atoms with Gasteiger partial charge in [0.25, 0.3) is 0 Å². The van der Waals surface area contributed by atoms with Gasteiger partial charge in [-0.05, 0) is 43.0 Å². The van der Waals surface area contributed by atoms with Crippen LogP contribution in [0.15, 0.2) is 85.2 Å². The number of pyridine rings is 1. The number of carbonyl (C=O) groups is 1. The number of hydrogen-bond acceptors (Lipinski definition) is 7. The molecule has 7 heteroatoms. The number of ketones is 1. The summed E-state index contributed by atoms with van der Waals surface area (Å²) in [6.45, 7) is 5.18. The van der Waals surface area contributed by atoms with Gasteiger partial charge in [0.2, 0.25) is 5.95 Å². The number of carbonyl (C=O) groups excluding carboxylic acids is 1. The Morgan fingerprint density at radius 2 is 1.70 bits per heavy atom. The van der Waals surface area contributed by atoms with Gasteiger partial charge in [0.15, 0.2) is 5.78 Å². The molecule has 0 amide bonds. The number of aromatic nitrogens is 3. The Morgan fingerprint density at radius 1 is 0.946 bits per heavy atom. The smallest absolute Gasteiger partial charge is 0.224 e. The fraction of sp³-hybridized carbons (Fsp3) is 0.267. The van der Waals surface area contributed by atoms with Gasteiger partial charge in [0.1, 0.15) is 5.82 Å². The lowest BCUT2D eigenvalue weighted by molar-refractivity contribution is 0.101. The minimum absolute atomic E-state index is 0.0532. The number of benzene rings is 2. The SMILES string of the molecule is CC(=O)c1ccc(-c2cnc(NCc3ccccn3)nc2NC2CCN(Cc3ccccc3)CC2)cc1. The number of nitrogens with one attached hydrogen (secondary N) is 2. The zero-order valence-electron chi connectivity index (χ0n) is 21.1. The van der Waals surface area contributed by atoms with E-state index in [1.807, 2.05) is 48.7 Å². The van der Waals surface area contributed by atoms with E-state index in [4.69, 9.17) is 4.98 Å². The quantitative estimate of drug-likeness (QED) is 0.302. The zero-order chi connectivity index (χ0) is 25.5. The van der Waals surface area contributed by atoms with Crippen molar-refractivity contribution in [1.82, 2.24) is 19.9 Å². The highest BCUT2D eigenvalue weighted by Crippen LogP contribution is 2.29. The molecule has 0 saturated carbocycles. The van der Waals surface area contributed by atoms with Crippen LogP contribution in [0.3, 0.4) is 0 Å². The predicted octanol–water partition coefficient (Wildman–Crippen LogP) is 5.43. The fourth-order valence-corrected chi connectivity index (χ4v) is 4.62. The van der Waals surface area contributed by atoms with Crippen molar-refractivity contribution in [3.8, 4) is 11.1 Å². The summed E-state index contributed by atoms with van der Waals surface area (Å²) in [6.07, 6.45) is 5.71. The van der Waals surface area contributed by atoms with Gasteiger partial charge < -0.3 is 10.6 Å². The molecular formula is C30H32N6O. The standard InChI is InChI=1S/C30H32N6O/c1-22(37)24-10-12-25(13-11-24)28-20-33-30(32-19-27-9-5-6-16-31-27)35-29(28)34-26-14-17-36(18-15-26)21-23-7-3-2-4-8-23/h2-13,16,20,26H,14-15,17-19,21H2,1H3,(H2,32,33,34,35). The summed E-state index contributed by atoms with van der Waals surface area (Å²) in [5.41, 5.74) is 4.87. The lowest BCUT2D eigenvalue weighted by Crippen LogP contribution is -2.38. The summed E-state index contributed by atoms with van der Waals surface area (Å²) in [6, 6.07) is 24.4. The van der Waals surface area contributed by atoms with Crippen molar-refractivity contribution in [1.29, 1.82) is 0 Å². The highest BCUT2D eigenvalue weighted by atomic mass is 16.1. The third-order valence-corrected chi connectivity index (χ3v) is 6.72. The van der Waals surface area contributed by atoms with Crippen molar-refractivity contribution >= 4 is 17.5 Å². The number of Topliss-reactive ketones (excluding diaryl/α,β-unsaturated/α-hetero) is 1. The zero-order valence-corrected chi connectivity index (χ0v) is 21.1. The molecule has 37 heavy (non-hydrogen) atoms. The molecule has 2 aromatic heterocycles. The Kier molecular flexibility index (Phi) is 7.81. The average Bonchev–Trinajstić information content (AvgIpc) is 2.94. The van der Waals surface area contributed by atoms with Crippen LogP contribution in [0.2, 0.25) is 0 Å². The van der Waals surface area contributed by atoms with Crippen LogP contribution in [0, 0.1) is 0 Å². The summed E-state index contributed by atoms with van der Waals surface area (Å²) in [5.74, 6) is 1.41. The molecule has 0 unspecified atom stereocenters. The van der Waals surface area contributed by atoms with E-state index >= 15 is 0 Å². The minimum Gasteiger partial charge on any atom is -0.367 e. The van der Waals surface area contributed by atoms with Gasteiger partial charge in [-0.25, -0.2) is 4.98 Å². The van der Waals surface area contributed by atoms with Crippen LogP contribution in [-0.2, 0) is 13.1 Å². The van der Waals surface area contributed by atoms with Gasteiger partial charge in [-0.1, -0.05) is 60.7 Å². The Hall–Kier alpha value is -4.10. The van der Waals surface area contributed by atoms with E-state index in [9.17, 15) is 4.79 Å². The predicted molar refractivity (Wildman–Crippen MR) is 147 cm³/mol. The molecular weight excluding hydrogens is 460 g/mol. The second-order valence-electron chi connectivity index (χ2n) is 9.44. The molecule has 188 valence electrons. The largest absolute Gasteiger partial charge is 0.367 e. The number of rotatable bonds is 9. The molecule has 5 rings (SSSR count). The molecule has 0 bridgehead atoms. The van der Waals surface area contributed by atoms with Gasteiger partial charge in [0.05, 0.1) is 12.2 Å². The molecule has 1 aliphatic rings. The Bertz CT molecular complexity index is 1300. The number of hydrogen-bond donors (Lipinski definition) is 2. The van der Waals surface area contributed by atoms with Crippen molar-refractivity contribution in [2.24, 2.45) is 0 Å². The number of likely N-dealkylation sites (tertiary alicyclic amines) is 1. The number of nitrogens with zero attached hydrogens (tertiary/aromatic N) is 4. The third kappa shape index (κ3) is 6.57. The summed E-state index contributed by atoms with van der Waals surface area (Å²) < 4.78 is 0. The van der Waals surface area contributed by atoms with E-state index in [0.29, 0.717) is 24.1 Å². The molecule has 0 aliphatic carbocycles. The summed E-state index contributed by atoms with van der Waals surface area (Å²) in [7, 11) is 0. The molecule has 1 saturated heterocycles. The van der Waals surface area contributed by atoms with Crippen LogP contribution in [-0.4, -0.2) is 44.8 Å². The molecule has 4 aromatic rings. The van der Waals surface area contributed by atoms with Crippen LogP contribution in [0.4, 0.5) is 11.8 Å². The number of piperidine rings is 1. The molecule has 2 aromatic carbocycles. The maximum Gasteiger partial charge on any atom is 0.224 e. The van der Waals surface area contributed by atoms with Gasteiger partial charge in [-0.2, -0.15) is 4.98 Å². The summed E-state index contributed by atoms with van der Waals surface area (Å²) in [4.78, 5) is 28.1. The van der Waals surface area contributed by atoms with Crippen molar-refractivity contribution in [3.05, 3.63) is 102 Å². The first kappa shape index (κ1) is 24.6. The van der Waals surface area contributed by atoms with E-state index in [1.165, 1.54) is 5.56 Å². The molecule has 3 heterocycles. The Morgan fingerprint density at radius 3 is 2.41 bits per heavy atom. The lowest BCUT2D eigenvalue weighted by Gasteiger charge is -2.33. The third-order valence-electron chi connectivity index (χ3n) is 6.72. The van der Waals surface area contributed by atoms with Crippen molar-refractivity contribution in [2.45, 2.75) is 38.9 Å². The highest BCUT2D eigenvalue weighted by Gasteiger charge is 2.21. The van der Waals surface area contributed by atoms with Crippen molar-refractivity contribution in [3.63, 3.8) is 0 Å². The van der Waals surface area contributed by atoms with Crippen LogP contribution in [0.1, 0.15) is 41.4 Å². The van der Waals surface area contributed by atoms with E-state index in [0.717, 1.165) is 55.1 Å². The maximum absolute atomic E-state index is 11.7. The van der Waals surface area contributed by atoms with Crippen molar-refractivity contribution in [2.75, 3.05) is 23.7 Å². The highest BCUT2D eigenvalue weighted by molar-refractivity contribution is 5.94. The number of anilines is 2. The van der Waals surface area contributed by atoms with E-state index in [2.05, 4.69) is 55.8 Å². The van der Waals surface area contributed by atoms with E-state index in [-0.39, 0.29) is 5.78 Å². The lowest BCUT2D eigenvalue weighted by atomic mass is 10.0. The van der Waals surface area contributed by atoms with Crippen LogP contribution in [0.25, 0.3) is 11.1 Å². The van der Waals surface area contributed by atoms with Gasteiger partial charge in [0, 0.05) is 49.2 Å². The molecule has 0 spiro atoms. The fourth-order valence-electron chi connectivity index (χ4n) is 4.62. The normalized spacial score (nSPS) is 14.3. The second-order valence-corrected chi connectivity index (χ2v) is 9.44. The Labute approximate surface area is 218 Å². The van der Waals surface area contributed by atoms with E-state index < -0.39 is 0 Å². The van der Waals surface area contributed by atoms with Gasteiger partial charge >= 0.3 is 0 Å². The molecule has 1 aliphatic heterocycles. The first-order valence-corrected chi connectivity index (χ1v) is 12.8. The molecule has 2 N–H and O–H groups in total. The van der Waals surface area contributed by atoms with Crippen LogP contribution >= 0.6 is 0 Å². The second kappa shape index (κ2) is 11.8. The first-order chi connectivity index (χ1) is 18.1. The summed E-state index contributed by atoms with van der Waals surface area (Å²) >= 11 is 0. The minimum atomic E-state index is 0.0532. The van der Waals surface area contributed by atoms with E-state index in [1.54, 1.807) is 13.1 Å². The first-order valence-electron chi connectivity index (χ1n) is 12.8. The molecule has 7 nitrogen and oxygen atoms in total. The van der Waals surface area contributed by atoms with Crippen LogP contribution < -0.4 is 10.6 Å². The van der Waals surface area contributed by atoms with Gasteiger partial charge in [-0.15, -0.1) is 0 Å². The summed E-state index contributed by atoms with van der Waals surface area (Å²) in [5, 5.41) is 7.01. The average molecular weight is 493 g/mol.